The minimum atomic E-state index is -0.0945. The molecule has 0 aromatic carbocycles. The lowest BCUT2D eigenvalue weighted by Crippen LogP contribution is -2.25. The fraction of sp³-hybridized carbons (Fsp3) is 0.417. The maximum absolute atomic E-state index is 12.2. The van der Waals surface area contributed by atoms with Crippen LogP contribution in [-0.4, -0.2) is 28.3 Å². The van der Waals surface area contributed by atoms with Crippen LogP contribution >= 0.6 is 23.1 Å². The monoisotopic (exact) mass is 325 g/mol. The number of nitrogens with zero attached hydrogens (tertiary/aromatic N) is 2. The van der Waals surface area contributed by atoms with Gasteiger partial charge in [-0.25, -0.2) is 0 Å². The van der Waals surface area contributed by atoms with Crippen LogP contribution in [0.1, 0.15) is 28.3 Å². The summed E-state index contributed by atoms with van der Waals surface area (Å²) in [5.41, 5.74) is 6.63. The zero-order valence-corrected chi connectivity index (χ0v) is 13.0. The average molecular weight is 325 g/mol. The molecule has 1 saturated carbocycles. The van der Waals surface area contributed by atoms with E-state index in [9.17, 15) is 4.79 Å². The first kappa shape index (κ1) is 14.2. The van der Waals surface area contributed by atoms with Crippen LogP contribution in [0.4, 0.5) is 10.7 Å². The SMILES string of the molecule is CSc1c(NCc2ncon2)sc(C(=O)NC2CC2)c1N. The molecule has 9 heteroatoms. The first-order chi connectivity index (χ1) is 10.2. The van der Waals surface area contributed by atoms with E-state index >= 15 is 0 Å². The number of anilines is 2. The highest BCUT2D eigenvalue weighted by Crippen LogP contribution is 2.42. The Bertz CT molecular complexity index is 636. The van der Waals surface area contributed by atoms with Gasteiger partial charge < -0.3 is 20.9 Å². The van der Waals surface area contributed by atoms with E-state index in [4.69, 9.17) is 5.73 Å². The third-order valence-electron chi connectivity index (χ3n) is 3.04. The molecule has 2 aromatic rings. The van der Waals surface area contributed by atoms with Crippen molar-refractivity contribution < 1.29 is 9.32 Å². The number of hydrogen-bond donors (Lipinski definition) is 3. The van der Waals surface area contributed by atoms with Crippen LogP contribution < -0.4 is 16.4 Å². The normalized spacial score (nSPS) is 14.1. The molecular formula is C12H15N5O2S2. The highest BCUT2D eigenvalue weighted by Gasteiger charge is 2.27. The number of amides is 1. The molecule has 0 unspecified atom stereocenters. The average Bonchev–Trinajstić information content (AvgIpc) is 3.02. The molecule has 7 nitrogen and oxygen atoms in total. The molecule has 0 spiro atoms. The smallest absolute Gasteiger partial charge is 0.263 e. The number of rotatable bonds is 6. The van der Waals surface area contributed by atoms with Gasteiger partial charge in [-0.1, -0.05) is 5.16 Å². The van der Waals surface area contributed by atoms with E-state index in [-0.39, 0.29) is 5.91 Å². The molecule has 0 radical (unpaired) electrons. The van der Waals surface area contributed by atoms with Gasteiger partial charge in [0.05, 0.1) is 17.1 Å². The van der Waals surface area contributed by atoms with Crippen molar-refractivity contribution in [1.29, 1.82) is 0 Å². The number of carbonyl (C=O) groups excluding carboxylic acids is 1. The first-order valence-corrected chi connectivity index (χ1v) is 8.49. The number of nitrogen functional groups attached to an aromatic ring is 1. The summed E-state index contributed by atoms with van der Waals surface area (Å²) >= 11 is 2.87. The van der Waals surface area contributed by atoms with Gasteiger partial charge in [-0.3, -0.25) is 4.79 Å². The largest absolute Gasteiger partial charge is 0.396 e. The van der Waals surface area contributed by atoms with Gasteiger partial charge >= 0.3 is 0 Å². The number of hydrogen-bond acceptors (Lipinski definition) is 8. The van der Waals surface area contributed by atoms with E-state index in [0.29, 0.717) is 29.0 Å². The van der Waals surface area contributed by atoms with E-state index < -0.39 is 0 Å². The van der Waals surface area contributed by atoms with Gasteiger partial charge in [0.15, 0.2) is 5.82 Å². The molecule has 2 heterocycles. The second kappa shape index (κ2) is 5.94. The second-order valence-electron chi connectivity index (χ2n) is 4.66. The van der Waals surface area contributed by atoms with Crippen LogP contribution in [0.2, 0.25) is 0 Å². The standard InChI is InChI=1S/C12H15N5O2S2/c1-20-10-8(13)9(11(18)16-6-2-3-6)21-12(10)14-4-7-15-5-19-17-7/h5-6,14H,2-4,13H2,1H3,(H,16,18). The summed E-state index contributed by atoms with van der Waals surface area (Å²) in [6, 6.07) is 0.312. The molecule has 1 amide bonds. The minimum Gasteiger partial charge on any atom is -0.396 e. The van der Waals surface area contributed by atoms with Gasteiger partial charge in [0.1, 0.15) is 9.88 Å². The van der Waals surface area contributed by atoms with Crippen LogP contribution in [0.5, 0.6) is 0 Å². The summed E-state index contributed by atoms with van der Waals surface area (Å²) in [5.74, 6) is 0.459. The molecule has 1 fully saturated rings. The molecule has 0 saturated heterocycles. The van der Waals surface area contributed by atoms with Gasteiger partial charge in [-0.15, -0.1) is 23.1 Å². The van der Waals surface area contributed by atoms with Crippen molar-refractivity contribution in [1.82, 2.24) is 15.5 Å². The Labute approximate surface area is 129 Å². The predicted octanol–water partition coefficient (Wildman–Crippen LogP) is 1.94. The fourth-order valence-electron chi connectivity index (χ4n) is 1.82. The number of thiophene rings is 1. The van der Waals surface area contributed by atoms with Crippen molar-refractivity contribution in [2.75, 3.05) is 17.3 Å². The van der Waals surface area contributed by atoms with E-state index in [1.807, 2.05) is 6.26 Å². The third-order valence-corrected chi connectivity index (χ3v) is 5.16. The van der Waals surface area contributed by atoms with Crippen molar-refractivity contribution in [2.45, 2.75) is 30.3 Å². The van der Waals surface area contributed by atoms with E-state index in [2.05, 4.69) is 25.3 Å². The molecular weight excluding hydrogens is 310 g/mol. The molecule has 1 aliphatic rings. The highest BCUT2D eigenvalue weighted by atomic mass is 32.2. The van der Waals surface area contributed by atoms with Gasteiger partial charge in [0, 0.05) is 6.04 Å². The van der Waals surface area contributed by atoms with Crippen LogP contribution in [0.15, 0.2) is 15.8 Å². The Morgan fingerprint density at radius 3 is 3.05 bits per heavy atom. The molecule has 112 valence electrons. The highest BCUT2D eigenvalue weighted by molar-refractivity contribution is 7.99. The Kier molecular flexibility index (Phi) is 4.02. The number of carbonyl (C=O) groups is 1. The van der Waals surface area contributed by atoms with Gasteiger partial charge in [0.2, 0.25) is 6.39 Å². The van der Waals surface area contributed by atoms with Crippen LogP contribution in [0, 0.1) is 0 Å². The third kappa shape index (κ3) is 3.13. The van der Waals surface area contributed by atoms with E-state index in [1.54, 1.807) is 0 Å². The lowest BCUT2D eigenvalue weighted by molar-refractivity contribution is 0.0956. The maximum Gasteiger partial charge on any atom is 0.263 e. The molecule has 1 aliphatic carbocycles. The molecule has 2 aromatic heterocycles. The summed E-state index contributed by atoms with van der Waals surface area (Å²) in [6.45, 7) is 0.424. The maximum atomic E-state index is 12.2. The molecule has 4 N–H and O–H groups in total. The number of thioether (sulfide) groups is 1. The molecule has 21 heavy (non-hydrogen) atoms. The number of nitrogens with one attached hydrogen (secondary N) is 2. The van der Waals surface area contributed by atoms with Crippen molar-refractivity contribution in [2.24, 2.45) is 0 Å². The van der Waals surface area contributed by atoms with Gasteiger partial charge in [-0.2, -0.15) is 4.98 Å². The Morgan fingerprint density at radius 1 is 1.62 bits per heavy atom. The zero-order valence-electron chi connectivity index (χ0n) is 11.4. The second-order valence-corrected chi connectivity index (χ2v) is 6.49. The Hall–Kier alpha value is -1.74. The fourth-order valence-corrected chi connectivity index (χ4v) is 3.76. The summed E-state index contributed by atoms with van der Waals surface area (Å²) in [6.07, 6.45) is 5.31. The molecule has 0 aliphatic heterocycles. The lowest BCUT2D eigenvalue weighted by Gasteiger charge is -2.03. The summed E-state index contributed by atoms with van der Waals surface area (Å²) in [4.78, 5) is 17.6. The topological polar surface area (TPSA) is 106 Å². The summed E-state index contributed by atoms with van der Waals surface area (Å²) < 4.78 is 4.69. The number of nitrogens with two attached hydrogens (primary N) is 1. The minimum absolute atomic E-state index is 0.0945. The summed E-state index contributed by atoms with van der Waals surface area (Å²) in [7, 11) is 0. The first-order valence-electron chi connectivity index (χ1n) is 6.45. The Balaban J connectivity index is 1.77. The predicted molar refractivity (Wildman–Crippen MR) is 82.6 cm³/mol. The van der Waals surface area contributed by atoms with Crippen molar-refractivity contribution in [3.05, 3.63) is 17.1 Å². The Morgan fingerprint density at radius 2 is 2.43 bits per heavy atom. The van der Waals surface area contributed by atoms with Crippen molar-refractivity contribution in [3.63, 3.8) is 0 Å². The molecule has 3 rings (SSSR count). The van der Waals surface area contributed by atoms with Gasteiger partial charge in [0.25, 0.3) is 5.91 Å². The van der Waals surface area contributed by atoms with Gasteiger partial charge in [-0.05, 0) is 19.1 Å². The van der Waals surface area contributed by atoms with Crippen molar-refractivity contribution >= 4 is 39.7 Å². The quantitative estimate of drug-likeness (QED) is 0.697. The van der Waals surface area contributed by atoms with E-state index in [0.717, 1.165) is 22.7 Å². The van der Waals surface area contributed by atoms with Crippen LogP contribution in [0.3, 0.4) is 0 Å². The summed E-state index contributed by atoms with van der Waals surface area (Å²) in [5, 5.41) is 10.8. The van der Waals surface area contributed by atoms with Crippen LogP contribution in [-0.2, 0) is 6.54 Å². The van der Waals surface area contributed by atoms with Crippen molar-refractivity contribution in [3.8, 4) is 0 Å². The lowest BCUT2D eigenvalue weighted by atomic mass is 10.3. The molecule has 0 atom stereocenters. The van der Waals surface area contributed by atoms with Crippen LogP contribution in [0.25, 0.3) is 0 Å². The van der Waals surface area contributed by atoms with E-state index in [1.165, 1.54) is 29.5 Å². The zero-order chi connectivity index (χ0) is 14.8. The number of aromatic nitrogens is 2. The molecule has 0 bridgehead atoms.